The molecule has 0 bridgehead atoms. The van der Waals surface area contributed by atoms with Crippen molar-refractivity contribution in [3.8, 4) is 0 Å². The first-order valence-corrected chi connectivity index (χ1v) is 4.33. The number of nitrogens with zero attached hydrogens (tertiary/aromatic N) is 2. The Morgan fingerprint density at radius 2 is 1.69 bits per heavy atom. The van der Waals surface area contributed by atoms with E-state index in [9.17, 15) is 24.6 Å². The van der Waals surface area contributed by atoms with Crippen molar-refractivity contribution < 1.29 is 14.2 Å². The van der Waals surface area contributed by atoms with Gasteiger partial charge in [-0.15, -0.1) is 0 Å². The van der Waals surface area contributed by atoms with Gasteiger partial charge >= 0.3 is 11.4 Å². The SMILES string of the molecule is CCNc1cc([N+](=O)[O-])c(F)c([N+](=O)[O-])c1. The van der Waals surface area contributed by atoms with E-state index in [0.717, 1.165) is 12.1 Å². The molecule has 1 aromatic carbocycles. The summed E-state index contributed by atoms with van der Waals surface area (Å²) in [4.78, 5) is 18.9. The van der Waals surface area contributed by atoms with Gasteiger partial charge < -0.3 is 5.32 Å². The van der Waals surface area contributed by atoms with Crippen LogP contribution >= 0.6 is 0 Å². The normalized spacial score (nSPS) is 9.88. The Hall–Kier alpha value is -2.25. The number of nitro groups is 2. The Labute approximate surface area is 89.2 Å². The van der Waals surface area contributed by atoms with E-state index in [1.807, 2.05) is 0 Å². The monoisotopic (exact) mass is 229 g/mol. The lowest BCUT2D eigenvalue weighted by Gasteiger charge is -2.03. The molecule has 0 saturated heterocycles. The average molecular weight is 229 g/mol. The molecule has 0 heterocycles. The van der Waals surface area contributed by atoms with Crippen molar-refractivity contribution >= 4 is 17.1 Å². The van der Waals surface area contributed by atoms with Gasteiger partial charge in [0.1, 0.15) is 0 Å². The quantitative estimate of drug-likeness (QED) is 0.629. The first-order valence-electron chi connectivity index (χ1n) is 4.33. The minimum absolute atomic E-state index is 0.141. The average Bonchev–Trinajstić information content (AvgIpc) is 2.19. The van der Waals surface area contributed by atoms with E-state index in [1.165, 1.54) is 0 Å². The number of rotatable bonds is 4. The van der Waals surface area contributed by atoms with Crippen LogP contribution in [0.3, 0.4) is 0 Å². The highest BCUT2D eigenvalue weighted by Gasteiger charge is 2.26. The number of hydrogen-bond donors (Lipinski definition) is 1. The molecule has 16 heavy (non-hydrogen) atoms. The van der Waals surface area contributed by atoms with Crippen LogP contribution in [-0.4, -0.2) is 16.4 Å². The van der Waals surface area contributed by atoms with E-state index < -0.39 is 27.0 Å². The van der Waals surface area contributed by atoms with Crippen molar-refractivity contribution in [1.29, 1.82) is 0 Å². The van der Waals surface area contributed by atoms with E-state index in [1.54, 1.807) is 6.92 Å². The molecule has 0 saturated carbocycles. The van der Waals surface area contributed by atoms with E-state index in [0.29, 0.717) is 6.54 Å². The smallest absolute Gasteiger partial charge is 0.314 e. The van der Waals surface area contributed by atoms with Crippen molar-refractivity contribution in [3.63, 3.8) is 0 Å². The molecule has 0 radical (unpaired) electrons. The van der Waals surface area contributed by atoms with Crippen LogP contribution in [0.1, 0.15) is 6.92 Å². The molecule has 0 amide bonds. The molecule has 0 aromatic heterocycles. The third-order valence-electron chi connectivity index (χ3n) is 1.81. The lowest BCUT2D eigenvalue weighted by molar-refractivity contribution is -0.399. The highest BCUT2D eigenvalue weighted by atomic mass is 19.1. The van der Waals surface area contributed by atoms with Crippen LogP contribution in [0.4, 0.5) is 21.5 Å². The maximum Gasteiger partial charge on any atom is 0.314 e. The molecule has 0 atom stereocenters. The van der Waals surface area contributed by atoms with Gasteiger partial charge in [0.05, 0.1) is 9.85 Å². The number of halogens is 1. The Morgan fingerprint density at radius 3 is 2.00 bits per heavy atom. The number of hydrogen-bond acceptors (Lipinski definition) is 5. The number of nitrogens with one attached hydrogen (secondary N) is 1. The van der Waals surface area contributed by atoms with Crippen LogP contribution in [0.2, 0.25) is 0 Å². The second kappa shape index (κ2) is 4.51. The van der Waals surface area contributed by atoms with Crippen molar-refractivity contribution in [3.05, 3.63) is 38.2 Å². The van der Waals surface area contributed by atoms with Crippen LogP contribution in [0.5, 0.6) is 0 Å². The van der Waals surface area contributed by atoms with Gasteiger partial charge in [-0.3, -0.25) is 20.2 Å². The summed E-state index contributed by atoms with van der Waals surface area (Å²) in [5.74, 6) is -1.43. The predicted octanol–water partition coefficient (Wildman–Crippen LogP) is 2.07. The van der Waals surface area contributed by atoms with E-state index in [4.69, 9.17) is 0 Å². The fourth-order valence-corrected chi connectivity index (χ4v) is 1.17. The van der Waals surface area contributed by atoms with E-state index in [2.05, 4.69) is 5.32 Å². The van der Waals surface area contributed by atoms with Gasteiger partial charge in [0, 0.05) is 24.4 Å². The van der Waals surface area contributed by atoms with Crippen LogP contribution < -0.4 is 5.32 Å². The van der Waals surface area contributed by atoms with Crippen LogP contribution in [0, 0.1) is 26.0 Å². The van der Waals surface area contributed by atoms with Crippen molar-refractivity contribution in [2.24, 2.45) is 0 Å². The molecule has 0 aliphatic rings. The summed E-state index contributed by atoms with van der Waals surface area (Å²) in [7, 11) is 0. The van der Waals surface area contributed by atoms with Gasteiger partial charge in [0.25, 0.3) is 5.82 Å². The van der Waals surface area contributed by atoms with Crippen LogP contribution in [0.15, 0.2) is 12.1 Å². The van der Waals surface area contributed by atoms with Crippen LogP contribution in [0.25, 0.3) is 0 Å². The molecule has 1 N–H and O–H groups in total. The van der Waals surface area contributed by atoms with E-state index >= 15 is 0 Å². The zero-order valence-electron chi connectivity index (χ0n) is 8.27. The highest BCUT2D eigenvalue weighted by molar-refractivity contribution is 5.60. The maximum atomic E-state index is 13.3. The summed E-state index contributed by atoms with van der Waals surface area (Å²) in [6, 6.07) is 1.84. The first-order chi connectivity index (χ1) is 7.47. The first kappa shape index (κ1) is 11.8. The summed E-state index contributed by atoms with van der Waals surface area (Å²) in [5, 5.41) is 23.6. The number of anilines is 1. The molecule has 7 nitrogen and oxygen atoms in total. The minimum Gasteiger partial charge on any atom is -0.385 e. The second-order valence-corrected chi connectivity index (χ2v) is 2.87. The fraction of sp³-hybridized carbons (Fsp3) is 0.250. The molecule has 0 unspecified atom stereocenters. The third-order valence-corrected chi connectivity index (χ3v) is 1.81. The van der Waals surface area contributed by atoms with Crippen molar-refractivity contribution in [2.45, 2.75) is 6.92 Å². The van der Waals surface area contributed by atoms with Crippen molar-refractivity contribution in [1.82, 2.24) is 0 Å². The topological polar surface area (TPSA) is 98.3 Å². The lowest BCUT2D eigenvalue weighted by Crippen LogP contribution is -2.03. The molecule has 0 spiro atoms. The fourth-order valence-electron chi connectivity index (χ4n) is 1.17. The summed E-state index contributed by atoms with van der Waals surface area (Å²) in [6.07, 6.45) is 0. The van der Waals surface area contributed by atoms with Crippen molar-refractivity contribution in [2.75, 3.05) is 11.9 Å². The zero-order valence-corrected chi connectivity index (χ0v) is 8.27. The molecule has 86 valence electrons. The molecule has 0 fully saturated rings. The predicted molar refractivity (Wildman–Crippen MR) is 53.9 cm³/mol. The Balaban J connectivity index is 3.38. The summed E-state index contributed by atoms with van der Waals surface area (Å²) in [6.45, 7) is 2.13. The molecular formula is C8H8FN3O4. The Morgan fingerprint density at radius 1 is 1.25 bits per heavy atom. The molecular weight excluding hydrogens is 221 g/mol. The standard InChI is InChI=1S/C8H8FN3O4/c1-2-10-5-3-6(11(13)14)8(9)7(4-5)12(15)16/h3-4,10H,2H2,1H3. The van der Waals surface area contributed by atoms with E-state index in [-0.39, 0.29) is 5.69 Å². The Kier molecular flexibility index (Phi) is 3.33. The van der Waals surface area contributed by atoms with Gasteiger partial charge in [0.2, 0.25) is 0 Å². The minimum atomic E-state index is -1.43. The summed E-state index contributed by atoms with van der Waals surface area (Å²) >= 11 is 0. The third kappa shape index (κ3) is 2.22. The molecule has 1 rings (SSSR count). The van der Waals surface area contributed by atoms with Gasteiger partial charge in [0.15, 0.2) is 0 Å². The Bertz CT molecular complexity index is 414. The summed E-state index contributed by atoms with van der Waals surface area (Å²) < 4.78 is 13.3. The zero-order chi connectivity index (χ0) is 12.3. The molecule has 0 aliphatic heterocycles. The van der Waals surface area contributed by atoms with Gasteiger partial charge in [-0.05, 0) is 6.92 Å². The van der Waals surface area contributed by atoms with Crippen LogP contribution in [-0.2, 0) is 0 Å². The second-order valence-electron chi connectivity index (χ2n) is 2.87. The largest absolute Gasteiger partial charge is 0.385 e. The number of nitro benzene ring substituents is 2. The van der Waals surface area contributed by atoms with Gasteiger partial charge in [-0.1, -0.05) is 0 Å². The maximum absolute atomic E-state index is 13.3. The summed E-state index contributed by atoms with van der Waals surface area (Å²) in [5.41, 5.74) is -1.68. The molecule has 1 aromatic rings. The number of benzene rings is 1. The molecule has 8 heteroatoms. The lowest BCUT2D eigenvalue weighted by atomic mass is 10.2. The van der Waals surface area contributed by atoms with Gasteiger partial charge in [-0.25, -0.2) is 0 Å². The van der Waals surface area contributed by atoms with Gasteiger partial charge in [-0.2, -0.15) is 4.39 Å². The molecule has 0 aliphatic carbocycles. The highest BCUT2D eigenvalue weighted by Crippen LogP contribution is 2.30.